The zero-order valence-corrected chi connectivity index (χ0v) is 18.6. The molecule has 0 aromatic heterocycles. The van der Waals surface area contributed by atoms with Crippen LogP contribution >= 0.6 is 0 Å². The number of carbonyl (C=O) groups is 1. The predicted molar refractivity (Wildman–Crippen MR) is 125 cm³/mol. The van der Waals surface area contributed by atoms with E-state index < -0.39 is 4.92 Å². The number of nitrogens with one attached hydrogen (secondary N) is 1. The van der Waals surface area contributed by atoms with Gasteiger partial charge in [-0.25, -0.2) is 0 Å². The molecule has 2 heterocycles. The van der Waals surface area contributed by atoms with Gasteiger partial charge in [0.1, 0.15) is 5.69 Å². The van der Waals surface area contributed by atoms with Gasteiger partial charge >= 0.3 is 0 Å². The lowest BCUT2D eigenvalue weighted by Gasteiger charge is -2.32. The first-order valence-electron chi connectivity index (χ1n) is 11.3. The van der Waals surface area contributed by atoms with Gasteiger partial charge in [0.25, 0.3) is 11.6 Å². The standard InChI is InChI=1S/C24H31N5O3/c1-26-12-14-27(15-13-26)18-20-6-4-19(5-7-20)17-25-24(30)21-8-9-22(23(16-21)29(31)32)28-10-2-3-11-28/h4-9,16H,2-3,10-15,17-18H2,1H3,(H,25,30). The van der Waals surface area contributed by atoms with Crippen LogP contribution in [0.5, 0.6) is 0 Å². The first-order valence-corrected chi connectivity index (χ1v) is 11.3. The van der Waals surface area contributed by atoms with Gasteiger partial charge < -0.3 is 15.1 Å². The van der Waals surface area contributed by atoms with E-state index in [2.05, 4.69) is 34.3 Å². The number of rotatable bonds is 7. The largest absolute Gasteiger partial charge is 0.366 e. The van der Waals surface area contributed by atoms with Crippen molar-refractivity contribution in [2.24, 2.45) is 0 Å². The van der Waals surface area contributed by atoms with Crippen molar-refractivity contribution in [3.05, 3.63) is 69.3 Å². The van der Waals surface area contributed by atoms with Crippen LogP contribution in [0.15, 0.2) is 42.5 Å². The van der Waals surface area contributed by atoms with Gasteiger partial charge in [0.15, 0.2) is 0 Å². The Balaban J connectivity index is 1.34. The number of anilines is 1. The molecule has 4 rings (SSSR count). The van der Waals surface area contributed by atoms with Crippen LogP contribution in [0.4, 0.5) is 11.4 Å². The Morgan fingerprint density at radius 3 is 2.28 bits per heavy atom. The number of carbonyl (C=O) groups excluding carboxylic acids is 1. The van der Waals surface area contributed by atoms with Crippen molar-refractivity contribution in [3.8, 4) is 0 Å². The number of amides is 1. The third-order valence-corrected chi connectivity index (χ3v) is 6.36. The molecule has 1 amide bonds. The molecule has 2 aromatic rings. The molecule has 0 spiro atoms. The molecular formula is C24H31N5O3. The lowest BCUT2D eigenvalue weighted by atomic mass is 10.1. The number of piperazine rings is 1. The monoisotopic (exact) mass is 437 g/mol. The number of hydrogen-bond acceptors (Lipinski definition) is 6. The lowest BCUT2D eigenvalue weighted by molar-refractivity contribution is -0.384. The Morgan fingerprint density at radius 1 is 0.969 bits per heavy atom. The highest BCUT2D eigenvalue weighted by Gasteiger charge is 2.23. The molecule has 2 aliphatic heterocycles. The molecule has 1 N–H and O–H groups in total. The molecule has 0 atom stereocenters. The minimum absolute atomic E-state index is 0.00666. The van der Waals surface area contributed by atoms with E-state index in [1.165, 1.54) is 11.6 Å². The molecule has 0 bridgehead atoms. The molecule has 2 saturated heterocycles. The van der Waals surface area contributed by atoms with Crippen molar-refractivity contribution in [2.45, 2.75) is 25.9 Å². The molecular weight excluding hydrogens is 406 g/mol. The number of hydrogen-bond donors (Lipinski definition) is 1. The predicted octanol–water partition coefficient (Wildman–Crippen LogP) is 2.87. The van der Waals surface area contributed by atoms with Gasteiger partial charge in [-0.1, -0.05) is 24.3 Å². The molecule has 2 aliphatic rings. The summed E-state index contributed by atoms with van der Waals surface area (Å²) in [7, 11) is 2.15. The molecule has 32 heavy (non-hydrogen) atoms. The van der Waals surface area contributed by atoms with Crippen LogP contribution in [-0.4, -0.2) is 66.9 Å². The fourth-order valence-corrected chi connectivity index (χ4v) is 4.35. The minimum Gasteiger partial charge on any atom is -0.366 e. The molecule has 0 aliphatic carbocycles. The summed E-state index contributed by atoms with van der Waals surface area (Å²) in [6.45, 7) is 7.31. The van der Waals surface area contributed by atoms with Crippen LogP contribution in [0.25, 0.3) is 0 Å². The van der Waals surface area contributed by atoms with Gasteiger partial charge in [0.2, 0.25) is 0 Å². The lowest BCUT2D eigenvalue weighted by Crippen LogP contribution is -2.43. The average Bonchev–Trinajstić information content (AvgIpc) is 3.34. The molecule has 8 heteroatoms. The van der Waals surface area contributed by atoms with E-state index in [-0.39, 0.29) is 11.6 Å². The summed E-state index contributed by atoms with van der Waals surface area (Å²) in [5, 5.41) is 14.4. The highest BCUT2D eigenvalue weighted by Crippen LogP contribution is 2.31. The van der Waals surface area contributed by atoms with Crippen LogP contribution in [0.2, 0.25) is 0 Å². The Bertz CT molecular complexity index is 949. The molecule has 8 nitrogen and oxygen atoms in total. The zero-order chi connectivity index (χ0) is 22.5. The summed E-state index contributed by atoms with van der Waals surface area (Å²) in [6, 6.07) is 13.0. The molecule has 2 aromatic carbocycles. The third-order valence-electron chi connectivity index (χ3n) is 6.36. The molecule has 170 valence electrons. The van der Waals surface area contributed by atoms with Crippen molar-refractivity contribution in [1.29, 1.82) is 0 Å². The Kier molecular flexibility index (Phi) is 7.02. The van der Waals surface area contributed by atoms with Gasteiger partial charge in [-0.2, -0.15) is 0 Å². The topological polar surface area (TPSA) is 82.0 Å². The van der Waals surface area contributed by atoms with Crippen molar-refractivity contribution in [2.75, 3.05) is 51.2 Å². The summed E-state index contributed by atoms with van der Waals surface area (Å²) in [5.74, 6) is -0.303. The number of likely N-dealkylation sites (N-methyl/N-ethyl adjacent to an activating group) is 1. The van der Waals surface area contributed by atoms with Crippen molar-refractivity contribution in [1.82, 2.24) is 15.1 Å². The van der Waals surface area contributed by atoms with Crippen molar-refractivity contribution in [3.63, 3.8) is 0 Å². The first-order chi connectivity index (χ1) is 15.5. The van der Waals surface area contributed by atoms with E-state index in [1.54, 1.807) is 12.1 Å². The highest BCUT2D eigenvalue weighted by atomic mass is 16.6. The van der Waals surface area contributed by atoms with E-state index >= 15 is 0 Å². The number of nitro benzene ring substituents is 1. The van der Waals surface area contributed by atoms with Crippen molar-refractivity contribution < 1.29 is 9.72 Å². The second-order valence-electron chi connectivity index (χ2n) is 8.73. The third kappa shape index (κ3) is 5.44. The summed E-state index contributed by atoms with van der Waals surface area (Å²) >= 11 is 0. The van der Waals surface area contributed by atoms with Gasteiger partial charge in [0, 0.05) is 64.0 Å². The number of benzene rings is 2. The SMILES string of the molecule is CN1CCN(Cc2ccc(CNC(=O)c3ccc(N4CCCC4)c([N+](=O)[O-])c3)cc2)CC1. The summed E-state index contributed by atoms with van der Waals surface area (Å²) in [5.41, 5.74) is 3.17. The fraction of sp³-hybridized carbons (Fsp3) is 0.458. The van der Waals surface area contributed by atoms with E-state index in [0.717, 1.165) is 64.2 Å². The van der Waals surface area contributed by atoms with Gasteiger partial charge in [-0.15, -0.1) is 0 Å². The smallest absolute Gasteiger partial charge is 0.293 e. The summed E-state index contributed by atoms with van der Waals surface area (Å²) < 4.78 is 0. The van der Waals surface area contributed by atoms with Crippen LogP contribution in [0.1, 0.15) is 34.3 Å². The maximum Gasteiger partial charge on any atom is 0.293 e. The average molecular weight is 438 g/mol. The molecule has 0 unspecified atom stereocenters. The second kappa shape index (κ2) is 10.1. The maximum absolute atomic E-state index is 12.6. The van der Waals surface area contributed by atoms with Crippen LogP contribution < -0.4 is 10.2 Å². The fourth-order valence-electron chi connectivity index (χ4n) is 4.35. The molecule has 0 radical (unpaired) electrons. The Labute approximate surface area is 189 Å². The van der Waals surface area contributed by atoms with Crippen molar-refractivity contribution >= 4 is 17.3 Å². The molecule has 0 saturated carbocycles. The van der Waals surface area contributed by atoms with Crippen LogP contribution in [0.3, 0.4) is 0 Å². The summed E-state index contributed by atoms with van der Waals surface area (Å²) in [6.07, 6.45) is 2.07. The molecule has 2 fully saturated rings. The van der Waals surface area contributed by atoms with Gasteiger partial charge in [-0.3, -0.25) is 19.8 Å². The second-order valence-corrected chi connectivity index (χ2v) is 8.73. The van der Waals surface area contributed by atoms with E-state index in [1.807, 2.05) is 17.0 Å². The summed E-state index contributed by atoms with van der Waals surface area (Å²) in [4.78, 5) is 30.6. The van der Waals surface area contributed by atoms with Gasteiger partial charge in [0.05, 0.1) is 4.92 Å². The van der Waals surface area contributed by atoms with E-state index in [0.29, 0.717) is 17.8 Å². The van der Waals surface area contributed by atoms with E-state index in [9.17, 15) is 14.9 Å². The Morgan fingerprint density at radius 2 is 1.62 bits per heavy atom. The first kappa shape index (κ1) is 22.2. The maximum atomic E-state index is 12.6. The van der Waals surface area contributed by atoms with E-state index in [4.69, 9.17) is 0 Å². The number of nitrogens with zero attached hydrogens (tertiary/aromatic N) is 4. The van der Waals surface area contributed by atoms with Crippen LogP contribution in [-0.2, 0) is 13.1 Å². The highest BCUT2D eigenvalue weighted by molar-refractivity contribution is 5.95. The quantitative estimate of drug-likeness (QED) is 0.530. The van der Waals surface area contributed by atoms with Gasteiger partial charge in [-0.05, 0) is 43.1 Å². The minimum atomic E-state index is -0.399. The number of nitro groups is 1. The normalized spacial score (nSPS) is 17.5. The Hall–Kier alpha value is -2.97. The zero-order valence-electron chi connectivity index (χ0n) is 18.6. The van der Waals surface area contributed by atoms with Crippen LogP contribution in [0, 0.1) is 10.1 Å².